The molecule has 7 heteroatoms. The summed E-state index contributed by atoms with van der Waals surface area (Å²) in [5.74, 6) is 1.35. The van der Waals surface area contributed by atoms with Crippen molar-refractivity contribution >= 4 is 0 Å². The summed E-state index contributed by atoms with van der Waals surface area (Å²) in [6.07, 6.45) is -1.15. The minimum atomic E-state index is -4.37. The Kier molecular flexibility index (Phi) is 5.56. The maximum atomic E-state index is 12.8. The lowest BCUT2D eigenvalue weighted by Crippen LogP contribution is -2.40. The van der Waals surface area contributed by atoms with Gasteiger partial charge in [-0.1, -0.05) is 18.2 Å². The van der Waals surface area contributed by atoms with Gasteiger partial charge in [0.2, 0.25) is 5.88 Å². The van der Waals surface area contributed by atoms with E-state index in [0.29, 0.717) is 24.1 Å². The fourth-order valence-corrected chi connectivity index (χ4v) is 3.69. The molecule has 4 rings (SSSR count). The number of alkyl halides is 3. The van der Waals surface area contributed by atoms with Crippen LogP contribution in [0.25, 0.3) is 11.3 Å². The Hall–Kier alpha value is -2.80. The van der Waals surface area contributed by atoms with Crippen molar-refractivity contribution in [3.63, 3.8) is 0 Å². The molecular weight excluding hydrogens is 391 g/mol. The van der Waals surface area contributed by atoms with Crippen LogP contribution in [0.4, 0.5) is 13.2 Å². The molecule has 0 saturated heterocycles. The molecule has 158 valence electrons. The van der Waals surface area contributed by atoms with Gasteiger partial charge in [0.25, 0.3) is 0 Å². The lowest BCUT2D eigenvalue weighted by Gasteiger charge is -2.33. The predicted molar refractivity (Wildman–Crippen MR) is 109 cm³/mol. The Morgan fingerprint density at radius 1 is 1.10 bits per heavy atom. The second-order valence-electron chi connectivity index (χ2n) is 7.71. The van der Waals surface area contributed by atoms with Crippen molar-refractivity contribution in [3.8, 4) is 22.9 Å². The Morgan fingerprint density at radius 3 is 2.47 bits per heavy atom. The minimum Gasteiger partial charge on any atom is -0.439 e. The number of benzene rings is 2. The zero-order valence-corrected chi connectivity index (χ0v) is 16.7. The molecule has 0 aliphatic heterocycles. The van der Waals surface area contributed by atoms with E-state index in [9.17, 15) is 13.2 Å². The van der Waals surface area contributed by atoms with E-state index in [0.717, 1.165) is 36.2 Å². The van der Waals surface area contributed by atoms with Crippen LogP contribution in [-0.2, 0) is 19.1 Å². The van der Waals surface area contributed by atoms with Gasteiger partial charge in [0.05, 0.1) is 11.3 Å². The van der Waals surface area contributed by atoms with E-state index in [2.05, 4.69) is 17.2 Å². The first kappa shape index (κ1) is 20.5. The Balaban J connectivity index is 1.54. The Bertz CT molecular complexity index is 1010. The molecule has 0 spiro atoms. The number of hydrogen-bond donors (Lipinski definition) is 1. The molecular formula is C23H24F3N3O. The van der Waals surface area contributed by atoms with Gasteiger partial charge >= 0.3 is 6.18 Å². The molecule has 1 fully saturated rings. The SMILES string of the molecule is CCn1nc(-c2cccc(CC3CCC3N)c2)cc1Oc1ccc(C(F)(F)F)cc1. The molecule has 2 aromatic carbocycles. The van der Waals surface area contributed by atoms with Gasteiger partial charge in [0.1, 0.15) is 5.75 Å². The molecule has 2 unspecified atom stereocenters. The van der Waals surface area contributed by atoms with Crippen LogP contribution in [0.3, 0.4) is 0 Å². The van der Waals surface area contributed by atoms with E-state index in [-0.39, 0.29) is 6.04 Å². The van der Waals surface area contributed by atoms with E-state index in [1.54, 1.807) is 4.68 Å². The largest absolute Gasteiger partial charge is 0.439 e. The molecule has 1 heterocycles. The molecule has 30 heavy (non-hydrogen) atoms. The van der Waals surface area contributed by atoms with E-state index < -0.39 is 11.7 Å². The monoisotopic (exact) mass is 415 g/mol. The predicted octanol–water partition coefficient (Wildman–Crippen LogP) is 5.66. The van der Waals surface area contributed by atoms with Gasteiger partial charge in [-0.2, -0.15) is 18.3 Å². The molecule has 3 aromatic rings. The zero-order valence-electron chi connectivity index (χ0n) is 16.7. The highest BCUT2D eigenvalue weighted by Gasteiger charge is 2.30. The molecule has 0 amide bonds. The van der Waals surface area contributed by atoms with Crippen LogP contribution in [-0.4, -0.2) is 15.8 Å². The smallest absolute Gasteiger partial charge is 0.416 e. The van der Waals surface area contributed by atoms with Crippen LogP contribution in [0.15, 0.2) is 54.6 Å². The fraction of sp³-hybridized carbons (Fsp3) is 0.348. The lowest BCUT2D eigenvalue weighted by atomic mass is 9.76. The summed E-state index contributed by atoms with van der Waals surface area (Å²) >= 11 is 0. The van der Waals surface area contributed by atoms with Crippen LogP contribution in [0.2, 0.25) is 0 Å². The van der Waals surface area contributed by atoms with Crippen molar-refractivity contribution in [2.24, 2.45) is 11.7 Å². The molecule has 1 aliphatic rings. The summed E-state index contributed by atoms with van der Waals surface area (Å²) < 4.78 is 45.8. The summed E-state index contributed by atoms with van der Waals surface area (Å²) in [5, 5.41) is 4.61. The Labute approximate surface area is 173 Å². The van der Waals surface area contributed by atoms with Crippen molar-refractivity contribution in [2.75, 3.05) is 0 Å². The van der Waals surface area contributed by atoms with E-state index >= 15 is 0 Å². The first-order valence-electron chi connectivity index (χ1n) is 10.1. The summed E-state index contributed by atoms with van der Waals surface area (Å²) in [6.45, 7) is 2.51. The van der Waals surface area contributed by atoms with E-state index in [1.807, 2.05) is 25.1 Å². The third-order valence-electron chi connectivity index (χ3n) is 5.64. The molecule has 1 aliphatic carbocycles. The fourth-order valence-electron chi connectivity index (χ4n) is 3.69. The molecule has 2 atom stereocenters. The van der Waals surface area contributed by atoms with Crippen LogP contribution in [0, 0.1) is 5.92 Å². The molecule has 0 bridgehead atoms. The van der Waals surface area contributed by atoms with E-state index in [1.165, 1.54) is 24.1 Å². The van der Waals surface area contributed by atoms with Gasteiger partial charge in [0.15, 0.2) is 0 Å². The number of aryl methyl sites for hydroxylation is 1. The standard InChI is InChI=1S/C23H24F3N3O/c1-2-29-22(30-19-9-7-18(8-10-19)23(24,25)26)14-21(28-29)17-5-3-4-15(13-17)12-16-6-11-20(16)27/h3-5,7-10,13-14,16,20H,2,6,11-12,27H2,1H3. The van der Waals surface area contributed by atoms with E-state index in [4.69, 9.17) is 10.5 Å². The molecule has 1 saturated carbocycles. The minimum absolute atomic E-state index is 0.289. The maximum absolute atomic E-state index is 12.8. The summed E-state index contributed by atoms with van der Waals surface area (Å²) in [4.78, 5) is 0. The molecule has 4 nitrogen and oxygen atoms in total. The second kappa shape index (κ2) is 8.14. The number of nitrogens with zero attached hydrogens (tertiary/aromatic N) is 2. The van der Waals surface area contributed by atoms with Crippen molar-refractivity contribution in [3.05, 3.63) is 65.7 Å². The third-order valence-corrected chi connectivity index (χ3v) is 5.64. The highest BCUT2D eigenvalue weighted by molar-refractivity contribution is 5.61. The average Bonchev–Trinajstić information content (AvgIpc) is 3.14. The number of halogens is 3. The van der Waals surface area contributed by atoms with Gasteiger partial charge in [-0.25, -0.2) is 4.68 Å². The Morgan fingerprint density at radius 2 is 1.87 bits per heavy atom. The number of ether oxygens (including phenoxy) is 1. The van der Waals surface area contributed by atoms with Crippen molar-refractivity contribution < 1.29 is 17.9 Å². The maximum Gasteiger partial charge on any atom is 0.416 e. The zero-order chi connectivity index (χ0) is 21.3. The summed E-state index contributed by atoms with van der Waals surface area (Å²) in [7, 11) is 0. The number of nitrogens with two attached hydrogens (primary N) is 1. The van der Waals surface area contributed by atoms with Gasteiger partial charge in [0, 0.05) is 24.2 Å². The van der Waals surface area contributed by atoms with Crippen molar-refractivity contribution in [1.29, 1.82) is 0 Å². The summed E-state index contributed by atoms with van der Waals surface area (Å²) in [5.41, 5.74) is 8.33. The lowest BCUT2D eigenvalue weighted by molar-refractivity contribution is -0.137. The quantitative estimate of drug-likeness (QED) is 0.565. The summed E-state index contributed by atoms with van der Waals surface area (Å²) in [6, 6.07) is 15.0. The van der Waals surface area contributed by atoms with Gasteiger partial charge in [-0.15, -0.1) is 0 Å². The average molecular weight is 415 g/mol. The van der Waals surface area contributed by atoms with Crippen LogP contribution in [0.5, 0.6) is 11.6 Å². The number of rotatable bonds is 6. The highest BCUT2D eigenvalue weighted by atomic mass is 19.4. The van der Waals surface area contributed by atoms with Gasteiger partial charge < -0.3 is 10.5 Å². The highest BCUT2D eigenvalue weighted by Crippen LogP contribution is 2.33. The topological polar surface area (TPSA) is 53.1 Å². The first-order valence-corrected chi connectivity index (χ1v) is 10.1. The van der Waals surface area contributed by atoms with Gasteiger partial charge in [-0.05, 0) is 68.0 Å². The van der Waals surface area contributed by atoms with Crippen molar-refractivity contribution in [2.45, 2.75) is 44.9 Å². The van der Waals surface area contributed by atoms with Gasteiger partial charge in [-0.3, -0.25) is 0 Å². The first-order chi connectivity index (χ1) is 14.3. The molecule has 1 aromatic heterocycles. The molecule has 2 N–H and O–H groups in total. The normalized spacial score (nSPS) is 18.8. The second-order valence-corrected chi connectivity index (χ2v) is 7.71. The van der Waals surface area contributed by atoms with Crippen LogP contribution < -0.4 is 10.5 Å². The van der Waals surface area contributed by atoms with Crippen LogP contribution in [0.1, 0.15) is 30.9 Å². The van der Waals surface area contributed by atoms with Crippen molar-refractivity contribution in [1.82, 2.24) is 9.78 Å². The number of hydrogen-bond acceptors (Lipinski definition) is 3. The number of aromatic nitrogens is 2. The molecule has 0 radical (unpaired) electrons. The van der Waals surface area contributed by atoms with Crippen LogP contribution >= 0.6 is 0 Å². The third kappa shape index (κ3) is 4.36.